The fraction of sp³-hybridized carbons (Fsp3) is 0.0476. The van der Waals surface area contributed by atoms with Crippen molar-refractivity contribution in [1.82, 2.24) is 4.98 Å². The molecule has 0 N–H and O–H groups in total. The van der Waals surface area contributed by atoms with Crippen LogP contribution in [0.1, 0.15) is 16.8 Å². The molecule has 0 aliphatic rings. The molecule has 0 saturated heterocycles. The largest absolute Gasteiger partial charge is 0.247 e. The molecule has 3 heteroatoms. The van der Waals surface area contributed by atoms with Crippen molar-refractivity contribution < 1.29 is 4.39 Å². The van der Waals surface area contributed by atoms with Gasteiger partial charge in [0.2, 0.25) is 0 Å². The molecule has 1 aromatic heterocycles. The van der Waals surface area contributed by atoms with Gasteiger partial charge >= 0.3 is 0 Å². The number of rotatable bonds is 2. The molecule has 0 spiro atoms. The van der Waals surface area contributed by atoms with Gasteiger partial charge < -0.3 is 0 Å². The van der Waals surface area contributed by atoms with E-state index in [1.54, 1.807) is 12.3 Å². The minimum absolute atomic E-state index is 0.317. The Hall–Kier alpha value is -2.63. The molecule has 0 fully saturated rings. The molecule has 3 aromatic rings. The highest BCUT2D eigenvalue weighted by Crippen LogP contribution is 2.28. The lowest BCUT2D eigenvalue weighted by atomic mass is 10.0. The lowest BCUT2D eigenvalue weighted by Gasteiger charge is -2.07. The maximum Gasteiger partial charge on any atom is 0.128 e. The Morgan fingerprint density at radius 1 is 1.00 bits per heavy atom. The Kier molecular flexibility index (Phi) is 4.93. The summed E-state index contributed by atoms with van der Waals surface area (Å²) < 4.78 is 14.0. The number of aromatic nitrogens is 1. The summed E-state index contributed by atoms with van der Waals surface area (Å²) >= 11 is 6.11. The number of halogens is 2. The van der Waals surface area contributed by atoms with Gasteiger partial charge in [-0.25, -0.2) is 9.37 Å². The first-order valence-electron chi connectivity index (χ1n) is 7.48. The number of hydrogen-bond acceptors (Lipinski definition) is 1. The molecule has 117 valence electrons. The van der Waals surface area contributed by atoms with Crippen LogP contribution < -0.4 is 0 Å². The summed E-state index contributed by atoms with van der Waals surface area (Å²) in [4.78, 5) is 4.32. The Bertz CT molecular complexity index is 883. The Balaban J connectivity index is 1.87. The van der Waals surface area contributed by atoms with E-state index in [0.717, 1.165) is 11.1 Å². The molecule has 1 heterocycles. The summed E-state index contributed by atoms with van der Waals surface area (Å²) in [5.74, 6) is 5.72. The quantitative estimate of drug-likeness (QED) is 0.578. The summed E-state index contributed by atoms with van der Waals surface area (Å²) in [5, 5.41) is 0.382. The van der Waals surface area contributed by atoms with Crippen molar-refractivity contribution in [3.63, 3.8) is 0 Å². The zero-order valence-electron chi connectivity index (χ0n) is 12.9. The second-order valence-corrected chi connectivity index (χ2v) is 5.62. The molecular weight excluding hydrogens is 321 g/mol. The molecule has 24 heavy (non-hydrogen) atoms. The van der Waals surface area contributed by atoms with E-state index in [1.807, 2.05) is 42.5 Å². The molecule has 3 rings (SSSR count). The van der Waals surface area contributed by atoms with E-state index in [-0.39, 0.29) is 5.82 Å². The first-order valence-corrected chi connectivity index (χ1v) is 7.86. The summed E-state index contributed by atoms with van der Waals surface area (Å²) in [7, 11) is 0. The topological polar surface area (TPSA) is 12.9 Å². The summed E-state index contributed by atoms with van der Waals surface area (Å²) in [6, 6.07) is 16.6. The van der Waals surface area contributed by atoms with Crippen molar-refractivity contribution in [2.45, 2.75) is 6.42 Å². The maximum atomic E-state index is 14.0. The van der Waals surface area contributed by atoms with Crippen molar-refractivity contribution in [3.05, 3.63) is 95.4 Å². The van der Waals surface area contributed by atoms with E-state index in [0.29, 0.717) is 28.3 Å². The second-order valence-electron chi connectivity index (χ2n) is 5.22. The normalized spacial score (nSPS) is 10.1. The maximum absolute atomic E-state index is 14.0. The van der Waals surface area contributed by atoms with Gasteiger partial charge in [-0.15, -0.1) is 0 Å². The number of benzene rings is 2. The zero-order valence-corrected chi connectivity index (χ0v) is 13.6. The molecule has 0 bridgehead atoms. The third kappa shape index (κ3) is 3.64. The van der Waals surface area contributed by atoms with Crippen LogP contribution in [0.15, 0.2) is 60.8 Å². The number of hydrogen-bond donors (Lipinski definition) is 0. The van der Waals surface area contributed by atoms with Crippen LogP contribution in [-0.2, 0) is 6.42 Å². The molecule has 0 aliphatic heterocycles. The zero-order chi connectivity index (χ0) is 16.9. The van der Waals surface area contributed by atoms with Crippen molar-refractivity contribution in [2.24, 2.45) is 0 Å². The van der Waals surface area contributed by atoms with E-state index < -0.39 is 0 Å². The molecule has 0 atom stereocenters. The van der Waals surface area contributed by atoms with Crippen LogP contribution >= 0.6 is 11.6 Å². The first-order chi connectivity index (χ1) is 11.7. The molecule has 0 unspecified atom stereocenters. The Morgan fingerprint density at radius 3 is 2.42 bits per heavy atom. The van der Waals surface area contributed by atoms with Crippen LogP contribution in [-0.4, -0.2) is 4.98 Å². The van der Waals surface area contributed by atoms with Crippen molar-refractivity contribution >= 4 is 11.6 Å². The Morgan fingerprint density at radius 2 is 1.79 bits per heavy atom. The van der Waals surface area contributed by atoms with E-state index in [4.69, 9.17) is 11.6 Å². The molecular formula is C21H14ClFN. The van der Waals surface area contributed by atoms with E-state index in [9.17, 15) is 4.39 Å². The molecule has 2 aromatic carbocycles. The van der Waals surface area contributed by atoms with Crippen LogP contribution in [0.3, 0.4) is 0 Å². The van der Waals surface area contributed by atoms with Gasteiger partial charge in [-0.05, 0) is 55.2 Å². The van der Waals surface area contributed by atoms with Crippen LogP contribution in [0.4, 0.5) is 4.39 Å². The van der Waals surface area contributed by atoms with Gasteiger partial charge in [-0.1, -0.05) is 41.8 Å². The van der Waals surface area contributed by atoms with Gasteiger partial charge in [0.25, 0.3) is 0 Å². The van der Waals surface area contributed by atoms with Gasteiger partial charge in [0.15, 0.2) is 0 Å². The highest BCUT2D eigenvalue weighted by Gasteiger charge is 2.09. The number of pyridine rings is 1. The highest BCUT2D eigenvalue weighted by molar-refractivity contribution is 6.31. The Labute approximate surface area is 146 Å². The van der Waals surface area contributed by atoms with E-state index in [2.05, 4.69) is 23.7 Å². The molecule has 0 aliphatic carbocycles. The van der Waals surface area contributed by atoms with Gasteiger partial charge in [0, 0.05) is 27.9 Å². The summed E-state index contributed by atoms with van der Waals surface area (Å²) in [6.45, 7) is 3.69. The predicted octanol–water partition coefficient (Wildman–Crippen LogP) is 5.32. The van der Waals surface area contributed by atoms with Crippen LogP contribution in [0, 0.1) is 24.6 Å². The monoisotopic (exact) mass is 334 g/mol. The van der Waals surface area contributed by atoms with Crippen molar-refractivity contribution in [1.29, 1.82) is 0 Å². The molecule has 0 saturated carbocycles. The van der Waals surface area contributed by atoms with Gasteiger partial charge in [0.05, 0.1) is 0 Å². The van der Waals surface area contributed by atoms with Crippen molar-refractivity contribution in [3.8, 4) is 23.0 Å². The van der Waals surface area contributed by atoms with E-state index in [1.165, 1.54) is 6.07 Å². The van der Waals surface area contributed by atoms with Gasteiger partial charge in [0.1, 0.15) is 11.5 Å². The third-order valence-corrected chi connectivity index (χ3v) is 3.93. The summed E-state index contributed by atoms with van der Waals surface area (Å²) in [5.41, 5.74) is 3.49. The first kappa shape index (κ1) is 16.2. The smallest absolute Gasteiger partial charge is 0.128 e. The molecule has 0 amide bonds. The minimum atomic E-state index is -0.347. The molecule has 1 nitrogen and oxygen atoms in total. The third-order valence-electron chi connectivity index (χ3n) is 3.60. The van der Waals surface area contributed by atoms with E-state index >= 15 is 0 Å². The lowest BCUT2D eigenvalue weighted by molar-refractivity contribution is 0.615. The van der Waals surface area contributed by atoms with Crippen LogP contribution in [0.25, 0.3) is 11.1 Å². The summed E-state index contributed by atoms with van der Waals surface area (Å²) in [6.07, 6.45) is 1.99. The fourth-order valence-electron chi connectivity index (χ4n) is 2.30. The second kappa shape index (κ2) is 7.29. The minimum Gasteiger partial charge on any atom is -0.247 e. The predicted molar refractivity (Wildman–Crippen MR) is 96.1 cm³/mol. The fourth-order valence-corrected chi connectivity index (χ4v) is 2.61. The lowest BCUT2D eigenvalue weighted by Crippen LogP contribution is -1.92. The van der Waals surface area contributed by atoms with Crippen LogP contribution in [0.5, 0.6) is 0 Å². The standard InChI is InChI=1S/C21H14ClFN/c1-2-19-20(22)12-17(13-21(19)23)16-9-11-18(24-14-16)10-8-15-6-4-3-5-7-15/h3-7,9,11-14H,1-2H2. The number of nitrogens with zero attached hydrogens (tertiary/aromatic N) is 1. The van der Waals surface area contributed by atoms with Crippen LogP contribution in [0.2, 0.25) is 5.02 Å². The average molecular weight is 335 g/mol. The average Bonchev–Trinajstić information content (AvgIpc) is 2.61. The van der Waals surface area contributed by atoms with Gasteiger partial charge in [-0.3, -0.25) is 0 Å². The van der Waals surface area contributed by atoms with Crippen molar-refractivity contribution in [2.75, 3.05) is 0 Å². The highest BCUT2D eigenvalue weighted by atomic mass is 35.5. The van der Waals surface area contributed by atoms with Gasteiger partial charge in [-0.2, -0.15) is 0 Å². The SMILES string of the molecule is [CH2]Cc1c(F)cc(-c2ccc(C#Cc3ccccc3)nc2)cc1Cl. The molecule has 1 radical (unpaired) electrons.